The zero-order chi connectivity index (χ0) is 25.1. The summed E-state index contributed by atoms with van der Waals surface area (Å²) >= 11 is 0. The van der Waals surface area contributed by atoms with Crippen LogP contribution in [-0.4, -0.2) is 24.7 Å². The zero-order valence-electron chi connectivity index (χ0n) is 20.6. The van der Waals surface area contributed by atoms with Crippen LogP contribution >= 0.6 is 0 Å². The van der Waals surface area contributed by atoms with Gasteiger partial charge in [-0.25, -0.2) is 14.8 Å². The first-order valence-electron chi connectivity index (χ1n) is 12.5. The predicted molar refractivity (Wildman–Crippen MR) is 139 cm³/mol. The summed E-state index contributed by atoms with van der Waals surface area (Å²) in [5.74, 6) is 2.18. The van der Waals surface area contributed by atoms with E-state index in [-0.39, 0.29) is 0 Å². The lowest BCUT2D eigenvalue weighted by Crippen LogP contribution is -2.06. The monoisotopic (exact) mass is 491 g/mol. The molecule has 1 aliphatic carbocycles. The lowest BCUT2D eigenvalue weighted by molar-refractivity contribution is 0.307. The van der Waals surface area contributed by atoms with E-state index in [0.29, 0.717) is 24.9 Å². The quantitative estimate of drug-likeness (QED) is 0.374. The molecule has 1 aliphatic heterocycles. The molecule has 8 nitrogen and oxygen atoms in total. The van der Waals surface area contributed by atoms with Crippen molar-refractivity contribution in [2.45, 2.75) is 45.8 Å². The van der Waals surface area contributed by atoms with Crippen molar-refractivity contribution in [3.63, 3.8) is 0 Å². The Kier molecular flexibility index (Phi) is 4.89. The van der Waals surface area contributed by atoms with Gasteiger partial charge in [-0.2, -0.15) is 0 Å². The highest BCUT2D eigenvalue weighted by Gasteiger charge is 2.30. The molecule has 0 saturated heterocycles. The maximum absolute atomic E-state index is 11.6. The van der Waals surface area contributed by atoms with Crippen molar-refractivity contribution in [2.24, 2.45) is 0 Å². The van der Waals surface area contributed by atoms with E-state index in [1.54, 1.807) is 0 Å². The third-order valence-electron chi connectivity index (χ3n) is 7.10. The third-order valence-corrected chi connectivity index (χ3v) is 7.10. The van der Waals surface area contributed by atoms with Crippen LogP contribution in [0.15, 0.2) is 57.8 Å². The second-order valence-corrected chi connectivity index (χ2v) is 9.90. The number of nitrogens with one attached hydrogen (secondary N) is 1. The molecule has 0 spiro atoms. The fraction of sp³-hybridized carbons (Fsp3) is 0.241. The van der Waals surface area contributed by atoms with E-state index in [0.717, 1.165) is 61.8 Å². The van der Waals surface area contributed by atoms with Crippen LogP contribution in [0.4, 0.5) is 0 Å². The van der Waals surface area contributed by atoms with Gasteiger partial charge in [-0.3, -0.25) is 9.51 Å². The maximum Gasteiger partial charge on any atom is 0.439 e. The smallest absolute Gasteiger partial charge is 0.439 e. The van der Waals surface area contributed by atoms with E-state index in [1.165, 1.54) is 12.8 Å². The number of H-pyrrole nitrogens is 1. The minimum Gasteiger partial charge on any atom is -0.488 e. The van der Waals surface area contributed by atoms with Crippen LogP contribution in [-0.2, 0) is 13.2 Å². The summed E-state index contributed by atoms with van der Waals surface area (Å²) in [5.41, 5.74) is 9.14. The number of aryl methyl sites for hydroxylation is 2. The SMILES string of the molecule is Cc1cc(C)c2nc(C3CC3)n(Cc3ccc4c(c3)OCc3ccccc3/C4=C\c3noc(=O)[nH]3)c2n1. The number of pyridine rings is 1. The summed E-state index contributed by atoms with van der Waals surface area (Å²) in [5, 5.41) is 3.85. The van der Waals surface area contributed by atoms with Gasteiger partial charge in [-0.15, -0.1) is 0 Å². The fourth-order valence-corrected chi connectivity index (χ4v) is 5.22. The molecule has 8 heteroatoms. The van der Waals surface area contributed by atoms with Gasteiger partial charge in [0.25, 0.3) is 0 Å². The van der Waals surface area contributed by atoms with Crippen LogP contribution in [0, 0.1) is 13.8 Å². The number of aromatic amines is 1. The molecule has 1 N–H and O–H groups in total. The van der Waals surface area contributed by atoms with Crippen LogP contribution in [0.3, 0.4) is 0 Å². The van der Waals surface area contributed by atoms with Crippen LogP contribution in [0.25, 0.3) is 22.8 Å². The molecule has 0 atom stereocenters. The molecule has 0 amide bonds. The Hall–Kier alpha value is -4.46. The molecule has 7 rings (SSSR count). The Bertz CT molecular complexity index is 1770. The van der Waals surface area contributed by atoms with Gasteiger partial charge < -0.3 is 9.30 Å². The number of fused-ring (bicyclic) bond motifs is 3. The van der Waals surface area contributed by atoms with E-state index >= 15 is 0 Å². The minimum atomic E-state index is -0.585. The summed E-state index contributed by atoms with van der Waals surface area (Å²) < 4.78 is 13.3. The topological polar surface area (TPSA) is 98.8 Å². The molecule has 2 aliphatic rings. The van der Waals surface area contributed by atoms with Crippen LogP contribution < -0.4 is 10.5 Å². The Morgan fingerprint density at radius 1 is 1.08 bits per heavy atom. The molecule has 0 bridgehead atoms. The normalized spacial score (nSPS) is 15.9. The Balaban J connectivity index is 1.34. The fourth-order valence-electron chi connectivity index (χ4n) is 5.22. The van der Waals surface area contributed by atoms with Gasteiger partial charge in [-0.05, 0) is 72.7 Å². The average molecular weight is 492 g/mol. The number of aromatic nitrogens is 5. The lowest BCUT2D eigenvalue weighted by atomic mass is 9.93. The van der Waals surface area contributed by atoms with Gasteiger partial charge >= 0.3 is 5.76 Å². The molecular weight excluding hydrogens is 466 g/mol. The van der Waals surface area contributed by atoms with Crippen molar-refractivity contribution in [1.82, 2.24) is 24.7 Å². The number of benzene rings is 2. The van der Waals surface area contributed by atoms with Crippen molar-refractivity contribution in [3.8, 4) is 5.75 Å². The van der Waals surface area contributed by atoms with E-state index in [1.807, 2.05) is 25.1 Å². The Morgan fingerprint density at radius 2 is 1.95 bits per heavy atom. The first-order chi connectivity index (χ1) is 18.0. The third kappa shape index (κ3) is 3.85. The van der Waals surface area contributed by atoms with Crippen LogP contribution in [0.2, 0.25) is 0 Å². The summed E-state index contributed by atoms with van der Waals surface area (Å²) in [4.78, 5) is 24.1. The van der Waals surface area contributed by atoms with Gasteiger partial charge in [0, 0.05) is 17.2 Å². The molecule has 5 aromatic rings. The second kappa shape index (κ2) is 8.30. The maximum atomic E-state index is 11.6. The highest BCUT2D eigenvalue weighted by atomic mass is 16.5. The summed E-state index contributed by atoms with van der Waals surface area (Å²) in [6.07, 6.45) is 4.18. The van der Waals surface area contributed by atoms with E-state index in [2.05, 4.69) is 58.0 Å². The van der Waals surface area contributed by atoms with E-state index < -0.39 is 5.76 Å². The first-order valence-corrected chi connectivity index (χ1v) is 12.5. The number of rotatable bonds is 4. The van der Waals surface area contributed by atoms with Crippen molar-refractivity contribution in [1.29, 1.82) is 0 Å². The Labute approximate surface area is 212 Å². The molecule has 37 heavy (non-hydrogen) atoms. The van der Waals surface area contributed by atoms with Gasteiger partial charge in [0.15, 0.2) is 11.5 Å². The predicted octanol–water partition coefficient (Wildman–Crippen LogP) is 5.13. The minimum absolute atomic E-state index is 0.363. The number of ether oxygens (including phenoxy) is 1. The number of nitrogens with zero attached hydrogens (tertiary/aromatic N) is 4. The van der Waals surface area contributed by atoms with Gasteiger partial charge in [0.2, 0.25) is 0 Å². The molecule has 3 aromatic heterocycles. The molecule has 2 aromatic carbocycles. The molecular formula is C29H25N5O3. The number of imidazole rings is 1. The second-order valence-electron chi connectivity index (χ2n) is 9.90. The van der Waals surface area contributed by atoms with Crippen molar-refractivity contribution in [2.75, 3.05) is 0 Å². The molecule has 184 valence electrons. The van der Waals surface area contributed by atoms with E-state index in [4.69, 9.17) is 19.2 Å². The molecule has 4 heterocycles. The molecule has 1 fully saturated rings. The summed E-state index contributed by atoms with van der Waals surface area (Å²) in [6.45, 7) is 5.25. The highest BCUT2D eigenvalue weighted by molar-refractivity contribution is 5.94. The highest BCUT2D eigenvalue weighted by Crippen LogP contribution is 2.42. The average Bonchev–Trinajstić information content (AvgIpc) is 3.58. The van der Waals surface area contributed by atoms with Gasteiger partial charge in [-0.1, -0.05) is 41.6 Å². The van der Waals surface area contributed by atoms with Crippen LogP contribution in [0.5, 0.6) is 5.75 Å². The van der Waals surface area contributed by atoms with Gasteiger partial charge in [0.05, 0.1) is 6.54 Å². The van der Waals surface area contributed by atoms with Crippen LogP contribution in [0.1, 0.15) is 63.9 Å². The molecule has 1 saturated carbocycles. The Morgan fingerprint density at radius 3 is 2.76 bits per heavy atom. The van der Waals surface area contributed by atoms with Crippen molar-refractivity contribution >= 4 is 22.8 Å². The van der Waals surface area contributed by atoms with Gasteiger partial charge in [0.1, 0.15) is 23.7 Å². The standard InChI is InChI=1S/C29H25N5O3/c1-16-11-17(2)30-28-26(16)32-27(19-8-9-19)34(28)14-18-7-10-22-23(13-25-31-29(35)37-33-25)21-6-4-3-5-20(21)15-36-24(22)12-18/h3-7,10-13,19H,8-9,14-15H2,1-2H3,(H,31,33,35)/b23-13+. The van der Waals surface area contributed by atoms with Crippen molar-refractivity contribution in [3.05, 3.63) is 104 Å². The molecule has 0 radical (unpaired) electrons. The lowest BCUT2D eigenvalue weighted by Gasteiger charge is -2.14. The zero-order valence-corrected chi connectivity index (χ0v) is 20.6. The number of hydrogen-bond donors (Lipinski definition) is 1. The molecule has 0 unspecified atom stereocenters. The van der Waals surface area contributed by atoms with E-state index in [9.17, 15) is 4.79 Å². The van der Waals surface area contributed by atoms with Crippen molar-refractivity contribution < 1.29 is 9.26 Å². The summed E-state index contributed by atoms with van der Waals surface area (Å²) in [6, 6.07) is 16.5. The largest absolute Gasteiger partial charge is 0.488 e. The first kappa shape index (κ1) is 21.8. The summed E-state index contributed by atoms with van der Waals surface area (Å²) in [7, 11) is 0. The number of hydrogen-bond acceptors (Lipinski definition) is 6.